The van der Waals surface area contributed by atoms with Crippen LogP contribution in [0.1, 0.15) is 18.1 Å². The summed E-state index contributed by atoms with van der Waals surface area (Å²) in [6.45, 7) is 3.62. The first kappa shape index (κ1) is 14.6. The first-order chi connectivity index (χ1) is 10.1. The van der Waals surface area contributed by atoms with Gasteiger partial charge in [0.05, 0.1) is 11.6 Å². The molecule has 4 heteroatoms. The molecule has 0 spiro atoms. The lowest BCUT2D eigenvalue weighted by molar-refractivity contribution is -0.122. The van der Waals surface area contributed by atoms with Crippen molar-refractivity contribution in [3.8, 4) is 11.8 Å². The van der Waals surface area contributed by atoms with Crippen LogP contribution in [0.4, 0.5) is 5.69 Å². The SMILES string of the molecule is Cc1ccccc1NC(=O)[C@@H](C)Oc1ccc(C#N)cc1. The number of nitrogens with one attached hydrogen (secondary N) is 1. The van der Waals surface area contributed by atoms with Crippen LogP contribution in [0, 0.1) is 18.3 Å². The number of ether oxygens (including phenoxy) is 1. The zero-order chi connectivity index (χ0) is 15.2. The Hall–Kier alpha value is -2.80. The number of carbonyl (C=O) groups excluding carboxylic acids is 1. The summed E-state index contributed by atoms with van der Waals surface area (Å²) in [6, 6.07) is 16.3. The molecular formula is C17H16N2O2. The zero-order valence-electron chi connectivity index (χ0n) is 12.0. The number of hydrogen-bond acceptors (Lipinski definition) is 3. The third-order valence-electron chi connectivity index (χ3n) is 3.07. The van der Waals surface area contributed by atoms with E-state index in [9.17, 15) is 4.79 Å². The van der Waals surface area contributed by atoms with Crippen LogP contribution in [0.15, 0.2) is 48.5 Å². The van der Waals surface area contributed by atoms with Crippen molar-refractivity contribution in [2.75, 3.05) is 5.32 Å². The van der Waals surface area contributed by atoms with Crippen LogP contribution in [-0.4, -0.2) is 12.0 Å². The van der Waals surface area contributed by atoms with Gasteiger partial charge in [-0.2, -0.15) is 5.26 Å². The quantitative estimate of drug-likeness (QED) is 0.935. The second kappa shape index (κ2) is 6.58. The molecule has 21 heavy (non-hydrogen) atoms. The predicted octanol–water partition coefficient (Wildman–Crippen LogP) is 3.27. The smallest absolute Gasteiger partial charge is 0.265 e. The number of hydrogen-bond donors (Lipinski definition) is 1. The molecule has 0 heterocycles. The van der Waals surface area contributed by atoms with Gasteiger partial charge in [0.1, 0.15) is 5.75 Å². The number of nitriles is 1. The molecule has 0 aliphatic heterocycles. The minimum absolute atomic E-state index is 0.214. The van der Waals surface area contributed by atoms with Crippen LogP contribution in [0.5, 0.6) is 5.75 Å². The number of para-hydroxylation sites is 1. The van der Waals surface area contributed by atoms with Crippen molar-refractivity contribution in [2.24, 2.45) is 0 Å². The molecule has 4 nitrogen and oxygen atoms in total. The number of rotatable bonds is 4. The van der Waals surface area contributed by atoms with Crippen LogP contribution in [-0.2, 0) is 4.79 Å². The van der Waals surface area contributed by atoms with E-state index in [2.05, 4.69) is 5.32 Å². The molecule has 0 radical (unpaired) electrons. The second-order valence-corrected chi connectivity index (χ2v) is 4.70. The Morgan fingerprint density at radius 3 is 2.48 bits per heavy atom. The van der Waals surface area contributed by atoms with Gasteiger partial charge in [-0.1, -0.05) is 18.2 Å². The van der Waals surface area contributed by atoms with Gasteiger partial charge in [0.2, 0.25) is 0 Å². The normalized spacial score (nSPS) is 11.3. The summed E-state index contributed by atoms with van der Waals surface area (Å²) >= 11 is 0. The van der Waals surface area contributed by atoms with Crippen molar-refractivity contribution < 1.29 is 9.53 Å². The summed E-state index contributed by atoms with van der Waals surface area (Å²) in [7, 11) is 0. The maximum absolute atomic E-state index is 12.1. The molecule has 0 aliphatic carbocycles. The number of carbonyl (C=O) groups is 1. The highest BCUT2D eigenvalue weighted by atomic mass is 16.5. The van der Waals surface area contributed by atoms with Gasteiger partial charge in [0.15, 0.2) is 6.10 Å². The molecule has 1 atom stereocenters. The van der Waals surface area contributed by atoms with Crippen molar-refractivity contribution in [2.45, 2.75) is 20.0 Å². The van der Waals surface area contributed by atoms with Gasteiger partial charge < -0.3 is 10.1 Å². The minimum Gasteiger partial charge on any atom is -0.481 e. The number of aryl methyl sites for hydroxylation is 1. The molecule has 0 saturated carbocycles. The Kier molecular flexibility index (Phi) is 4.57. The maximum Gasteiger partial charge on any atom is 0.265 e. The van der Waals surface area contributed by atoms with Gasteiger partial charge in [0, 0.05) is 5.69 Å². The fraction of sp³-hybridized carbons (Fsp3) is 0.176. The Labute approximate surface area is 124 Å². The van der Waals surface area contributed by atoms with Crippen LogP contribution in [0.3, 0.4) is 0 Å². The molecular weight excluding hydrogens is 264 g/mol. The lowest BCUT2D eigenvalue weighted by atomic mass is 10.2. The first-order valence-electron chi connectivity index (χ1n) is 6.63. The third kappa shape index (κ3) is 3.83. The molecule has 2 aromatic carbocycles. The van der Waals surface area contributed by atoms with Crippen molar-refractivity contribution in [3.63, 3.8) is 0 Å². The average molecular weight is 280 g/mol. The molecule has 0 saturated heterocycles. The van der Waals surface area contributed by atoms with Crippen molar-refractivity contribution in [1.82, 2.24) is 0 Å². The van der Waals surface area contributed by atoms with E-state index in [0.717, 1.165) is 11.3 Å². The summed E-state index contributed by atoms with van der Waals surface area (Å²) in [5.74, 6) is 0.343. The van der Waals surface area contributed by atoms with Crippen LogP contribution >= 0.6 is 0 Å². The third-order valence-corrected chi connectivity index (χ3v) is 3.07. The summed E-state index contributed by atoms with van der Waals surface area (Å²) in [6.07, 6.45) is -0.627. The summed E-state index contributed by atoms with van der Waals surface area (Å²) in [5, 5.41) is 11.6. The molecule has 0 unspecified atom stereocenters. The van der Waals surface area contributed by atoms with Crippen LogP contribution in [0.2, 0.25) is 0 Å². The molecule has 1 amide bonds. The number of amides is 1. The molecule has 0 aromatic heterocycles. The molecule has 0 fully saturated rings. The Morgan fingerprint density at radius 2 is 1.86 bits per heavy atom. The highest BCUT2D eigenvalue weighted by Crippen LogP contribution is 2.16. The fourth-order valence-corrected chi connectivity index (χ4v) is 1.81. The number of nitrogens with zero attached hydrogens (tertiary/aromatic N) is 1. The highest BCUT2D eigenvalue weighted by molar-refractivity contribution is 5.94. The molecule has 2 rings (SSSR count). The van der Waals surface area contributed by atoms with Crippen molar-refractivity contribution in [3.05, 3.63) is 59.7 Å². The number of anilines is 1. The average Bonchev–Trinajstić information content (AvgIpc) is 2.50. The van der Waals surface area contributed by atoms with Gasteiger partial charge >= 0.3 is 0 Å². The van der Waals surface area contributed by atoms with E-state index in [1.165, 1.54) is 0 Å². The maximum atomic E-state index is 12.1. The topological polar surface area (TPSA) is 62.1 Å². The number of benzene rings is 2. The molecule has 0 bridgehead atoms. The van der Waals surface area contributed by atoms with E-state index in [1.807, 2.05) is 37.3 Å². The Bertz CT molecular complexity index is 672. The van der Waals surface area contributed by atoms with E-state index in [-0.39, 0.29) is 5.91 Å². The van der Waals surface area contributed by atoms with E-state index in [1.54, 1.807) is 31.2 Å². The Balaban J connectivity index is 1.99. The fourth-order valence-electron chi connectivity index (χ4n) is 1.81. The lowest BCUT2D eigenvalue weighted by Gasteiger charge is -2.15. The molecule has 0 aliphatic rings. The largest absolute Gasteiger partial charge is 0.481 e. The minimum atomic E-state index is -0.627. The van der Waals surface area contributed by atoms with Crippen molar-refractivity contribution in [1.29, 1.82) is 5.26 Å². The Morgan fingerprint density at radius 1 is 1.19 bits per heavy atom. The second-order valence-electron chi connectivity index (χ2n) is 4.70. The van der Waals surface area contributed by atoms with Gasteiger partial charge in [0.25, 0.3) is 5.91 Å². The lowest BCUT2D eigenvalue weighted by Crippen LogP contribution is -2.30. The van der Waals surface area contributed by atoms with E-state index in [0.29, 0.717) is 11.3 Å². The molecule has 2 aromatic rings. The summed E-state index contributed by atoms with van der Waals surface area (Å²) in [4.78, 5) is 12.1. The van der Waals surface area contributed by atoms with Gasteiger partial charge in [-0.3, -0.25) is 4.79 Å². The summed E-state index contributed by atoms with van der Waals surface area (Å²) < 4.78 is 5.57. The molecule has 106 valence electrons. The standard InChI is InChI=1S/C17H16N2O2/c1-12-5-3-4-6-16(12)19-17(20)13(2)21-15-9-7-14(11-18)8-10-15/h3-10,13H,1-2H3,(H,19,20)/t13-/m1/s1. The first-order valence-corrected chi connectivity index (χ1v) is 6.63. The van der Waals surface area contributed by atoms with E-state index in [4.69, 9.17) is 10.00 Å². The van der Waals surface area contributed by atoms with Crippen molar-refractivity contribution >= 4 is 11.6 Å². The zero-order valence-corrected chi connectivity index (χ0v) is 12.0. The highest BCUT2D eigenvalue weighted by Gasteiger charge is 2.15. The summed E-state index contributed by atoms with van der Waals surface area (Å²) in [5.41, 5.74) is 2.33. The van der Waals surface area contributed by atoms with E-state index >= 15 is 0 Å². The van der Waals surface area contributed by atoms with Gasteiger partial charge in [-0.25, -0.2) is 0 Å². The van der Waals surface area contributed by atoms with Crippen LogP contribution < -0.4 is 10.1 Å². The van der Waals surface area contributed by atoms with E-state index < -0.39 is 6.10 Å². The van der Waals surface area contributed by atoms with Gasteiger partial charge in [-0.15, -0.1) is 0 Å². The molecule has 1 N–H and O–H groups in total. The monoisotopic (exact) mass is 280 g/mol. The van der Waals surface area contributed by atoms with Crippen LogP contribution in [0.25, 0.3) is 0 Å². The van der Waals surface area contributed by atoms with Gasteiger partial charge in [-0.05, 0) is 49.7 Å². The predicted molar refractivity (Wildman–Crippen MR) is 81.1 cm³/mol.